The van der Waals surface area contributed by atoms with Gasteiger partial charge in [-0.25, -0.2) is 9.78 Å². The largest absolute Gasteiger partial charge is 0.336 e. The van der Waals surface area contributed by atoms with Crippen LogP contribution in [-0.4, -0.2) is 25.5 Å². The molecule has 2 aromatic heterocycles. The van der Waals surface area contributed by atoms with Crippen LogP contribution in [0.3, 0.4) is 0 Å². The Hall–Kier alpha value is -1.89. The van der Waals surface area contributed by atoms with Crippen molar-refractivity contribution in [1.82, 2.24) is 19.9 Å². The van der Waals surface area contributed by atoms with Gasteiger partial charge in [-0.05, 0) is 12.8 Å². The third kappa shape index (κ3) is 1.86. The van der Waals surface area contributed by atoms with Crippen molar-refractivity contribution >= 4 is 11.2 Å². The number of nitrogens with two attached hydrogens (primary N) is 1. The lowest BCUT2D eigenvalue weighted by Crippen LogP contribution is -2.39. The minimum atomic E-state index is -0.547. The molecule has 7 heteroatoms. The maximum absolute atomic E-state index is 11.6. The molecule has 96 valence electrons. The quantitative estimate of drug-likeness (QED) is 0.586. The Morgan fingerprint density at radius 3 is 2.61 bits per heavy atom. The average molecular weight is 249 g/mol. The van der Waals surface area contributed by atoms with Crippen LogP contribution in [0.2, 0.25) is 0 Å². The number of imidazole rings is 1. The first kappa shape index (κ1) is 11.2. The summed E-state index contributed by atoms with van der Waals surface area (Å²) >= 11 is 0. The molecule has 0 atom stereocenters. The zero-order chi connectivity index (χ0) is 12.8. The first-order chi connectivity index (χ1) is 8.56. The molecule has 7 nitrogen and oxygen atoms in total. The molecule has 2 heterocycles. The van der Waals surface area contributed by atoms with Gasteiger partial charge in [-0.2, -0.15) is 0 Å². The second kappa shape index (κ2) is 3.81. The third-order valence-electron chi connectivity index (χ3n) is 3.56. The molecule has 5 N–H and O–H groups in total. The molecule has 0 radical (unpaired) electrons. The van der Waals surface area contributed by atoms with E-state index in [0.717, 1.165) is 25.7 Å². The van der Waals surface area contributed by atoms with Crippen LogP contribution in [0, 0.1) is 0 Å². The molecule has 2 aromatic rings. The van der Waals surface area contributed by atoms with E-state index in [4.69, 9.17) is 5.73 Å². The zero-order valence-corrected chi connectivity index (χ0v) is 9.88. The molecule has 1 aliphatic rings. The van der Waals surface area contributed by atoms with Gasteiger partial charge in [-0.15, -0.1) is 0 Å². The van der Waals surface area contributed by atoms with Crippen molar-refractivity contribution < 1.29 is 0 Å². The summed E-state index contributed by atoms with van der Waals surface area (Å²) in [6.45, 7) is 0. The number of hydrogen-bond acceptors (Lipinski definition) is 4. The number of aromatic amines is 3. The van der Waals surface area contributed by atoms with Crippen LogP contribution in [0.25, 0.3) is 11.2 Å². The molecule has 0 unspecified atom stereocenters. The normalized spacial score (nSPS) is 18.5. The van der Waals surface area contributed by atoms with E-state index >= 15 is 0 Å². The summed E-state index contributed by atoms with van der Waals surface area (Å²) in [6.07, 6.45) is 4.80. The summed E-state index contributed by atoms with van der Waals surface area (Å²) in [4.78, 5) is 34.5. The Morgan fingerprint density at radius 2 is 1.89 bits per heavy atom. The molecule has 1 saturated carbocycles. The van der Waals surface area contributed by atoms with Crippen LogP contribution in [0.4, 0.5) is 0 Å². The number of hydrogen-bond donors (Lipinski definition) is 4. The van der Waals surface area contributed by atoms with Crippen molar-refractivity contribution in [2.24, 2.45) is 5.73 Å². The van der Waals surface area contributed by atoms with Gasteiger partial charge in [0.25, 0.3) is 5.56 Å². The van der Waals surface area contributed by atoms with Gasteiger partial charge >= 0.3 is 5.69 Å². The van der Waals surface area contributed by atoms with Crippen LogP contribution in [0.15, 0.2) is 9.59 Å². The number of nitrogens with one attached hydrogen (secondary N) is 3. The fourth-order valence-electron chi connectivity index (χ4n) is 2.65. The highest BCUT2D eigenvalue weighted by Gasteiger charge is 2.30. The van der Waals surface area contributed by atoms with E-state index in [0.29, 0.717) is 23.4 Å². The van der Waals surface area contributed by atoms with Crippen LogP contribution in [0.1, 0.15) is 31.5 Å². The zero-order valence-electron chi connectivity index (χ0n) is 9.88. The maximum Gasteiger partial charge on any atom is 0.327 e. The highest BCUT2D eigenvalue weighted by molar-refractivity contribution is 5.68. The maximum atomic E-state index is 11.6. The fourth-order valence-corrected chi connectivity index (χ4v) is 2.65. The predicted octanol–water partition coefficient (Wildman–Crippen LogP) is -0.247. The van der Waals surface area contributed by atoms with E-state index in [2.05, 4.69) is 19.9 Å². The number of H-pyrrole nitrogens is 3. The lowest BCUT2D eigenvalue weighted by molar-refractivity contribution is 0.428. The van der Waals surface area contributed by atoms with Crippen molar-refractivity contribution in [2.75, 3.05) is 0 Å². The molecule has 18 heavy (non-hydrogen) atoms. The van der Waals surface area contributed by atoms with Gasteiger partial charge in [0.2, 0.25) is 0 Å². The first-order valence-electron chi connectivity index (χ1n) is 6.06. The lowest BCUT2D eigenvalue weighted by atomic mass is 9.94. The monoisotopic (exact) mass is 249 g/mol. The number of rotatable bonds is 2. The molecule has 0 aromatic carbocycles. The van der Waals surface area contributed by atoms with Gasteiger partial charge in [0.1, 0.15) is 11.3 Å². The van der Waals surface area contributed by atoms with E-state index in [-0.39, 0.29) is 5.54 Å². The summed E-state index contributed by atoms with van der Waals surface area (Å²) in [5.41, 5.74) is 5.62. The van der Waals surface area contributed by atoms with Gasteiger partial charge in [-0.1, -0.05) is 12.8 Å². The summed E-state index contributed by atoms with van der Waals surface area (Å²) < 4.78 is 0. The molecule has 0 saturated heterocycles. The molecule has 0 amide bonds. The van der Waals surface area contributed by atoms with Crippen LogP contribution < -0.4 is 17.0 Å². The second-order valence-corrected chi connectivity index (χ2v) is 5.06. The highest BCUT2D eigenvalue weighted by atomic mass is 16.2. The molecular weight excluding hydrogens is 234 g/mol. The van der Waals surface area contributed by atoms with Crippen molar-refractivity contribution in [1.29, 1.82) is 0 Å². The van der Waals surface area contributed by atoms with Crippen molar-refractivity contribution in [3.63, 3.8) is 0 Å². The molecule has 0 aliphatic heterocycles. The minimum absolute atomic E-state index is 0.235. The van der Waals surface area contributed by atoms with E-state index < -0.39 is 11.2 Å². The lowest BCUT2D eigenvalue weighted by Gasteiger charge is -2.21. The Kier molecular flexibility index (Phi) is 2.37. The summed E-state index contributed by atoms with van der Waals surface area (Å²) in [7, 11) is 0. The third-order valence-corrected chi connectivity index (χ3v) is 3.56. The molecule has 0 spiro atoms. The number of fused-ring (bicyclic) bond motifs is 1. The topological polar surface area (TPSA) is 120 Å². The van der Waals surface area contributed by atoms with Crippen LogP contribution in [-0.2, 0) is 6.42 Å². The Bertz CT molecular complexity index is 689. The fraction of sp³-hybridized carbons (Fsp3) is 0.545. The smallest absolute Gasteiger partial charge is 0.327 e. The number of aromatic nitrogens is 4. The SMILES string of the molecule is NC1(Cc2nc3[nH]c(=O)[nH]c(=O)c3[nH]2)CCCC1. The molecule has 3 rings (SSSR count). The van der Waals surface area contributed by atoms with Gasteiger partial charge in [0.05, 0.1) is 0 Å². The summed E-state index contributed by atoms with van der Waals surface area (Å²) in [6, 6.07) is 0. The van der Waals surface area contributed by atoms with Crippen LogP contribution in [0.5, 0.6) is 0 Å². The molecular formula is C11H15N5O2. The molecule has 0 bridgehead atoms. The highest BCUT2D eigenvalue weighted by Crippen LogP contribution is 2.29. The average Bonchev–Trinajstić information content (AvgIpc) is 2.85. The standard InChI is InChI=1S/C11H15N5O2/c12-11(3-1-2-4-11)5-6-13-7-8(14-6)15-10(18)16-9(7)17/h1-5,12H2,(H3,13,14,15,16,17,18). The van der Waals surface area contributed by atoms with Gasteiger partial charge in [0.15, 0.2) is 5.65 Å². The summed E-state index contributed by atoms with van der Waals surface area (Å²) in [5, 5.41) is 0. The first-order valence-corrected chi connectivity index (χ1v) is 6.06. The van der Waals surface area contributed by atoms with E-state index in [9.17, 15) is 9.59 Å². The van der Waals surface area contributed by atoms with Crippen molar-refractivity contribution in [3.05, 3.63) is 26.7 Å². The van der Waals surface area contributed by atoms with E-state index in [1.807, 2.05) is 0 Å². The van der Waals surface area contributed by atoms with Gasteiger partial charge in [0, 0.05) is 12.0 Å². The summed E-state index contributed by atoms with van der Waals surface area (Å²) in [5.74, 6) is 0.654. The van der Waals surface area contributed by atoms with Crippen molar-refractivity contribution in [3.8, 4) is 0 Å². The molecule has 1 aliphatic carbocycles. The second-order valence-electron chi connectivity index (χ2n) is 5.06. The minimum Gasteiger partial charge on any atom is -0.336 e. The van der Waals surface area contributed by atoms with E-state index in [1.165, 1.54) is 0 Å². The van der Waals surface area contributed by atoms with Crippen molar-refractivity contribution in [2.45, 2.75) is 37.6 Å². The van der Waals surface area contributed by atoms with Crippen LogP contribution >= 0.6 is 0 Å². The van der Waals surface area contributed by atoms with E-state index in [1.54, 1.807) is 0 Å². The number of nitrogens with zero attached hydrogens (tertiary/aromatic N) is 1. The van der Waals surface area contributed by atoms with Gasteiger partial charge in [-0.3, -0.25) is 14.8 Å². The van der Waals surface area contributed by atoms with Gasteiger partial charge < -0.3 is 10.7 Å². The Balaban J connectivity index is 2.01. The molecule has 1 fully saturated rings. The Labute approximate surface area is 102 Å². The Morgan fingerprint density at radius 1 is 1.17 bits per heavy atom. The predicted molar refractivity (Wildman–Crippen MR) is 66.4 cm³/mol.